The van der Waals surface area contributed by atoms with Crippen LogP contribution in [-0.4, -0.2) is 30.8 Å². The van der Waals surface area contributed by atoms with Gasteiger partial charge < -0.3 is 15.6 Å². The number of hydrogen-bond donors (Lipinski definition) is 2. The molecule has 0 saturated carbocycles. The topological polar surface area (TPSA) is 72.6 Å². The Kier molecular flexibility index (Phi) is 2.46. The lowest BCUT2D eigenvalue weighted by Gasteiger charge is -2.31. The van der Waals surface area contributed by atoms with Gasteiger partial charge in [-0.15, -0.1) is 0 Å². The number of nitrogens with two attached hydrogens (primary N) is 1. The zero-order chi connectivity index (χ0) is 8.32. The molecule has 0 spiro atoms. The molecule has 0 atom stereocenters. The predicted octanol–water partition coefficient (Wildman–Crippen LogP) is -0.174. The number of ether oxygens (including phenoxy) is 1. The Bertz CT molecular complexity index is 152. The van der Waals surface area contributed by atoms with Crippen LogP contribution in [0.4, 0.5) is 0 Å². The van der Waals surface area contributed by atoms with Gasteiger partial charge in [0.05, 0.1) is 5.41 Å². The van der Waals surface area contributed by atoms with Gasteiger partial charge in [-0.1, -0.05) is 0 Å². The van der Waals surface area contributed by atoms with Crippen LogP contribution in [-0.2, 0) is 9.53 Å². The van der Waals surface area contributed by atoms with E-state index in [0.717, 1.165) is 0 Å². The number of aliphatic carboxylic acids is 1. The second-order valence-corrected chi connectivity index (χ2v) is 2.90. The van der Waals surface area contributed by atoms with E-state index in [1.54, 1.807) is 0 Å². The van der Waals surface area contributed by atoms with Gasteiger partial charge >= 0.3 is 5.97 Å². The Morgan fingerprint density at radius 1 is 1.55 bits per heavy atom. The van der Waals surface area contributed by atoms with Crippen molar-refractivity contribution in [3.05, 3.63) is 0 Å². The lowest BCUT2D eigenvalue weighted by Crippen LogP contribution is -2.43. The summed E-state index contributed by atoms with van der Waals surface area (Å²) in [4.78, 5) is 10.8. The minimum Gasteiger partial charge on any atom is -0.481 e. The molecular formula is C7H13NO3. The van der Waals surface area contributed by atoms with Gasteiger partial charge in [0.25, 0.3) is 0 Å². The number of hydrogen-bond acceptors (Lipinski definition) is 3. The third-order valence-corrected chi connectivity index (χ3v) is 2.29. The number of rotatable bonds is 2. The second kappa shape index (κ2) is 3.19. The second-order valence-electron chi connectivity index (χ2n) is 2.90. The van der Waals surface area contributed by atoms with Crippen LogP contribution in [0.25, 0.3) is 0 Å². The van der Waals surface area contributed by atoms with Crippen molar-refractivity contribution in [2.24, 2.45) is 11.1 Å². The first kappa shape index (κ1) is 8.49. The molecule has 1 aliphatic rings. The molecule has 1 aliphatic heterocycles. The standard InChI is InChI=1S/C7H13NO3/c8-5-7(6(9)10)1-3-11-4-2-7/h1-5,8H2,(H,9,10). The number of carboxylic acids is 1. The lowest BCUT2D eigenvalue weighted by atomic mass is 9.80. The van der Waals surface area contributed by atoms with Gasteiger partial charge in [0.2, 0.25) is 0 Å². The molecule has 0 aromatic rings. The van der Waals surface area contributed by atoms with Crippen LogP contribution >= 0.6 is 0 Å². The molecule has 4 nitrogen and oxygen atoms in total. The van der Waals surface area contributed by atoms with Gasteiger partial charge in [0, 0.05) is 19.8 Å². The highest BCUT2D eigenvalue weighted by molar-refractivity contribution is 5.75. The van der Waals surface area contributed by atoms with Crippen molar-refractivity contribution in [3.63, 3.8) is 0 Å². The van der Waals surface area contributed by atoms with E-state index in [1.807, 2.05) is 0 Å². The highest BCUT2D eigenvalue weighted by Crippen LogP contribution is 2.29. The lowest BCUT2D eigenvalue weighted by molar-refractivity contribution is -0.153. The SMILES string of the molecule is NCC1(C(=O)O)CCOCC1. The van der Waals surface area contributed by atoms with Crippen LogP contribution in [0.2, 0.25) is 0 Å². The summed E-state index contributed by atoms with van der Waals surface area (Å²) in [5.74, 6) is -0.789. The van der Waals surface area contributed by atoms with E-state index in [9.17, 15) is 4.79 Å². The fraction of sp³-hybridized carbons (Fsp3) is 0.857. The van der Waals surface area contributed by atoms with Gasteiger partial charge in [-0.05, 0) is 12.8 Å². The molecule has 1 heterocycles. The zero-order valence-electron chi connectivity index (χ0n) is 6.38. The predicted molar refractivity (Wildman–Crippen MR) is 39.2 cm³/mol. The van der Waals surface area contributed by atoms with E-state index in [0.29, 0.717) is 26.1 Å². The summed E-state index contributed by atoms with van der Waals surface area (Å²) in [5, 5.41) is 8.85. The molecular weight excluding hydrogens is 146 g/mol. The first-order chi connectivity index (χ1) is 5.21. The first-order valence-electron chi connectivity index (χ1n) is 3.72. The fourth-order valence-electron chi connectivity index (χ4n) is 1.27. The molecule has 0 radical (unpaired) electrons. The average molecular weight is 159 g/mol. The van der Waals surface area contributed by atoms with E-state index in [1.165, 1.54) is 0 Å². The molecule has 64 valence electrons. The smallest absolute Gasteiger partial charge is 0.311 e. The average Bonchev–Trinajstić information content (AvgIpc) is 2.05. The maximum atomic E-state index is 10.8. The molecule has 0 unspecified atom stereocenters. The summed E-state index contributed by atoms with van der Waals surface area (Å²) < 4.78 is 5.06. The van der Waals surface area contributed by atoms with Crippen LogP contribution < -0.4 is 5.73 Å². The highest BCUT2D eigenvalue weighted by atomic mass is 16.5. The molecule has 0 aliphatic carbocycles. The van der Waals surface area contributed by atoms with Gasteiger partial charge in [0.1, 0.15) is 0 Å². The first-order valence-corrected chi connectivity index (χ1v) is 3.72. The molecule has 3 N–H and O–H groups in total. The van der Waals surface area contributed by atoms with Gasteiger partial charge in [-0.3, -0.25) is 4.79 Å². The van der Waals surface area contributed by atoms with Crippen LogP contribution in [0.5, 0.6) is 0 Å². The Morgan fingerprint density at radius 2 is 2.09 bits per heavy atom. The van der Waals surface area contributed by atoms with Crippen molar-refractivity contribution >= 4 is 5.97 Å². The quantitative estimate of drug-likeness (QED) is 0.586. The van der Waals surface area contributed by atoms with Crippen LogP contribution in [0.15, 0.2) is 0 Å². The van der Waals surface area contributed by atoms with E-state index >= 15 is 0 Å². The summed E-state index contributed by atoms with van der Waals surface area (Å²) in [7, 11) is 0. The van der Waals surface area contributed by atoms with Crippen molar-refractivity contribution in [2.75, 3.05) is 19.8 Å². The Morgan fingerprint density at radius 3 is 2.36 bits per heavy atom. The van der Waals surface area contributed by atoms with Gasteiger partial charge in [0.15, 0.2) is 0 Å². The Labute approximate surface area is 65.3 Å². The summed E-state index contributed by atoms with van der Waals surface area (Å²) in [5.41, 5.74) is 4.69. The summed E-state index contributed by atoms with van der Waals surface area (Å²) in [6, 6.07) is 0. The molecule has 4 heteroatoms. The van der Waals surface area contributed by atoms with Crippen molar-refractivity contribution in [1.82, 2.24) is 0 Å². The third-order valence-electron chi connectivity index (χ3n) is 2.29. The normalized spacial score (nSPS) is 23.0. The van der Waals surface area contributed by atoms with Crippen molar-refractivity contribution in [3.8, 4) is 0 Å². The fourth-order valence-corrected chi connectivity index (χ4v) is 1.27. The van der Waals surface area contributed by atoms with Crippen molar-refractivity contribution < 1.29 is 14.6 Å². The summed E-state index contributed by atoms with van der Waals surface area (Å²) in [6.45, 7) is 1.25. The van der Waals surface area contributed by atoms with Gasteiger partial charge in [-0.25, -0.2) is 0 Å². The summed E-state index contributed by atoms with van der Waals surface area (Å²) in [6.07, 6.45) is 1.08. The maximum Gasteiger partial charge on any atom is 0.311 e. The summed E-state index contributed by atoms with van der Waals surface area (Å²) >= 11 is 0. The van der Waals surface area contributed by atoms with E-state index in [-0.39, 0.29) is 6.54 Å². The minimum atomic E-state index is -0.789. The van der Waals surface area contributed by atoms with Crippen LogP contribution in [0, 0.1) is 5.41 Å². The van der Waals surface area contributed by atoms with E-state index < -0.39 is 11.4 Å². The Hall–Kier alpha value is -0.610. The van der Waals surface area contributed by atoms with Crippen molar-refractivity contribution in [2.45, 2.75) is 12.8 Å². The van der Waals surface area contributed by atoms with E-state index in [4.69, 9.17) is 15.6 Å². The molecule has 0 aromatic carbocycles. The van der Waals surface area contributed by atoms with Crippen molar-refractivity contribution in [1.29, 1.82) is 0 Å². The molecule has 0 amide bonds. The third kappa shape index (κ3) is 1.52. The number of carbonyl (C=O) groups is 1. The molecule has 1 saturated heterocycles. The monoisotopic (exact) mass is 159 g/mol. The van der Waals surface area contributed by atoms with Crippen LogP contribution in [0.3, 0.4) is 0 Å². The van der Waals surface area contributed by atoms with Gasteiger partial charge in [-0.2, -0.15) is 0 Å². The Balaban J connectivity index is 2.64. The number of carboxylic acid groups (broad SMARTS) is 1. The van der Waals surface area contributed by atoms with E-state index in [2.05, 4.69) is 0 Å². The molecule has 1 fully saturated rings. The zero-order valence-corrected chi connectivity index (χ0v) is 6.38. The molecule has 11 heavy (non-hydrogen) atoms. The molecule has 1 rings (SSSR count). The largest absolute Gasteiger partial charge is 0.481 e. The minimum absolute atomic E-state index is 0.214. The maximum absolute atomic E-state index is 10.8. The highest BCUT2D eigenvalue weighted by Gasteiger charge is 2.38. The molecule has 0 bridgehead atoms. The van der Waals surface area contributed by atoms with Crippen LogP contribution in [0.1, 0.15) is 12.8 Å². The molecule has 0 aromatic heterocycles.